The van der Waals surface area contributed by atoms with Crippen molar-refractivity contribution in [1.29, 1.82) is 0 Å². The molecule has 2 aromatic rings. The minimum atomic E-state index is 0.114. The average molecular weight is 319 g/mol. The largest absolute Gasteiger partial charge is 0.334 e. The van der Waals surface area contributed by atoms with E-state index in [-0.39, 0.29) is 5.91 Å². The number of aromatic nitrogens is 3. The van der Waals surface area contributed by atoms with E-state index in [9.17, 15) is 4.79 Å². The fourth-order valence-corrected chi connectivity index (χ4v) is 3.93. The van der Waals surface area contributed by atoms with Crippen LogP contribution in [0.15, 0.2) is 12.4 Å². The lowest BCUT2D eigenvalue weighted by atomic mass is 10.2. The summed E-state index contributed by atoms with van der Waals surface area (Å²) in [5, 5.41) is 8.21. The van der Waals surface area contributed by atoms with Crippen molar-refractivity contribution in [2.75, 3.05) is 20.1 Å². The van der Waals surface area contributed by atoms with Gasteiger partial charge in [0.15, 0.2) is 0 Å². The monoisotopic (exact) mass is 319 g/mol. The summed E-state index contributed by atoms with van der Waals surface area (Å²) in [6, 6.07) is 0.292. The van der Waals surface area contributed by atoms with E-state index in [4.69, 9.17) is 0 Å². The molecule has 2 aromatic heterocycles. The van der Waals surface area contributed by atoms with Crippen molar-refractivity contribution < 1.29 is 4.79 Å². The summed E-state index contributed by atoms with van der Waals surface area (Å²) in [5.74, 6) is 0.114. The number of likely N-dealkylation sites (N-methyl/N-ethyl adjacent to an activating group) is 1. The van der Waals surface area contributed by atoms with Crippen LogP contribution in [-0.2, 0) is 7.05 Å². The number of carbonyl (C=O) groups excluding carboxylic acids is 1. The third-order valence-electron chi connectivity index (χ3n) is 4.02. The first-order valence-electron chi connectivity index (χ1n) is 7.52. The number of aryl methyl sites for hydroxylation is 2. The molecule has 0 bridgehead atoms. The molecule has 0 radical (unpaired) electrons. The maximum atomic E-state index is 12.9. The number of likely N-dealkylation sites (tertiary alicyclic amines) is 1. The summed E-state index contributed by atoms with van der Waals surface area (Å²) in [7, 11) is 3.81. The van der Waals surface area contributed by atoms with Crippen LogP contribution in [0.3, 0.4) is 0 Å². The van der Waals surface area contributed by atoms with Gasteiger partial charge in [-0.3, -0.25) is 9.48 Å². The lowest BCUT2D eigenvalue weighted by Gasteiger charge is -2.24. The summed E-state index contributed by atoms with van der Waals surface area (Å²) in [6.45, 7) is 3.59. The molecule has 0 aliphatic carbocycles. The van der Waals surface area contributed by atoms with Gasteiger partial charge >= 0.3 is 0 Å². The molecule has 0 saturated carbocycles. The fourth-order valence-electron chi connectivity index (χ4n) is 2.93. The first-order valence-corrected chi connectivity index (χ1v) is 8.34. The summed E-state index contributed by atoms with van der Waals surface area (Å²) in [6.07, 6.45) is 5.85. The third-order valence-corrected chi connectivity index (χ3v) is 5.21. The first kappa shape index (κ1) is 15.2. The zero-order valence-corrected chi connectivity index (χ0v) is 14.0. The highest BCUT2D eigenvalue weighted by atomic mass is 32.1. The first-order chi connectivity index (χ1) is 10.6. The van der Waals surface area contributed by atoms with Crippen molar-refractivity contribution in [3.05, 3.63) is 23.0 Å². The van der Waals surface area contributed by atoms with Crippen molar-refractivity contribution in [1.82, 2.24) is 25.0 Å². The summed E-state index contributed by atoms with van der Waals surface area (Å²) in [4.78, 5) is 20.2. The highest BCUT2D eigenvalue weighted by molar-refractivity contribution is 7.17. The van der Waals surface area contributed by atoms with Crippen molar-refractivity contribution in [2.45, 2.75) is 25.8 Å². The molecule has 3 rings (SSSR count). The molecule has 1 aliphatic rings. The number of nitrogens with one attached hydrogen (secondary N) is 1. The predicted molar refractivity (Wildman–Crippen MR) is 87.0 cm³/mol. The van der Waals surface area contributed by atoms with Crippen LogP contribution in [0.5, 0.6) is 0 Å². The number of amides is 1. The number of rotatable bonds is 4. The van der Waals surface area contributed by atoms with Crippen LogP contribution in [0.1, 0.15) is 28.2 Å². The van der Waals surface area contributed by atoms with Gasteiger partial charge in [-0.15, -0.1) is 11.3 Å². The van der Waals surface area contributed by atoms with Crippen molar-refractivity contribution in [3.8, 4) is 10.6 Å². The number of carbonyl (C=O) groups is 1. The van der Waals surface area contributed by atoms with Crippen LogP contribution < -0.4 is 5.32 Å². The molecule has 3 heterocycles. The van der Waals surface area contributed by atoms with Gasteiger partial charge in [0.1, 0.15) is 9.88 Å². The average Bonchev–Trinajstić information content (AvgIpc) is 3.18. The van der Waals surface area contributed by atoms with Crippen LogP contribution in [0.25, 0.3) is 10.6 Å². The van der Waals surface area contributed by atoms with Crippen LogP contribution in [-0.4, -0.2) is 51.8 Å². The van der Waals surface area contributed by atoms with Gasteiger partial charge in [-0.05, 0) is 26.8 Å². The lowest BCUT2D eigenvalue weighted by Crippen LogP contribution is -2.40. The molecule has 1 atom stereocenters. The predicted octanol–water partition coefficient (Wildman–Crippen LogP) is 1.68. The van der Waals surface area contributed by atoms with Crippen molar-refractivity contribution in [3.63, 3.8) is 0 Å². The molecule has 118 valence electrons. The molecule has 1 fully saturated rings. The van der Waals surface area contributed by atoms with E-state index in [1.165, 1.54) is 11.3 Å². The number of thiazole rings is 1. The molecular formula is C15H21N5OS. The second kappa shape index (κ2) is 6.18. The molecule has 1 aliphatic heterocycles. The van der Waals surface area contributed by atoms with E-state index < -0.39 is 0 Å². The molecule has 1 amide bonds. The Morgan fingerprint density at radius 3 is 3.05 bits per heavy atom. The molecule has 22 heavy (non-hydrogen) atoms. The Kier molecular flexibility index (Phi) is 4.26. The smallest absolute Gasteiger partial charge is 0.266 e. The minimum Gasteiger partial charge on any atom is -0.334 e. The lowest BCUT2D eigenvalue weighted by molar-refractivity contribution is 0.0741. The van der Waals surface area contributed by atoms with Gasteiger partial charge in [-0.25, -0.2) is 4.98 Å². The van der Waals surface area contributed by atoms with E-state index >= 15 is 0 Å². The Hall–Kier alpha value is -1.73. The third kappa shape index (κ3) is 2.78. The van der Waals surface area contributed by atoms with Crippen LogP contribution in [0.2, 0.25) is 0 Å². The van der Waals surface area contributed by atoms with Gasteiger partial charge < -0.3 is 10.2 Å². The van der Waals surface area contributed by atoms with Crippen molar-refractivity contribution in [2.24, 2.45) is 7.05 Å². The Labute approximate surface area is 134 Å². The van der Waals surface area contributed by atoms with E-state index in [2.05, 4.69) is 15.4 Å². The number of hydrogen-bond donors (Lipinski definition) is 1. The zero-order valence-electron chi connectivity index (χ0n) is 13.2. The van der Waals surface area contributed by atoms with Gasteiger partial charge in [-0.1, -0.05) is 0 Å². The fraction of sp³-hybridized carbons (Fsp3) is 0.533. The summed E-state index contributed by atoms with van der Waals surface area (Å²) < 4.78 is 1.75. The summed E-state index contributed by atoms with van der Waals surface area (Å²) in [5.41, 5.74) is 1.77. The molecule has 0 aromatic carbocycles. The minimum absolute atomic E-state index is 0.114. The normalized spacial score (nSPS) is 18.1. The number of nitrogens with zero attached hydrogens (tertiary/aromatic N) is 4. The Balaban J connectivity index is 1.85. The SMILES string of the molecule is CNCC1CCCN1C(=O)c1sc(-c2cnn(C)c2)nc1C. The standard InChI is InChI=1S/C15H21N5OS/c1-10-13(15(21)20-6-4-5-12(20)8-16-2)22-14(18-10)11-7-17-19(3)9-11/h7,9,12,16H,4-6,8H2,1-3H3. The highest BCUT2D eigenvalue weighted by Gasteiger charge is 2.31. The van der Waals surface area contributed by atoms with E-state index in [0.29, 0.717) is 6.04 Å². The number of hydrogen-bond acceptors (Lipinski definition) is 5. The molecule has 1 unspecified atom stereocenters. The Morgan fingerprint density at radius 1 is 1.55 bits per heavy atom. The van der Waals surface area contributed by atoms with Gasteiger partial charge in [0.05, 0.1) is 11.9 Å². The van der Waals surface area contributed by atoms with E-state index in [1.807, 2.05) is 32.1 Å². The van der Waals surface area contributed by atoms with Gasteiger partial charge in [0.25, 0.3) is 5.91 Å². The van der Waals surface area contributed by atoms with Gasteiger partial charge in [-0.2, -0.15) is 5.10 Å². The molecule has 7 heteroatoms. The quantitative estimate of drug-likeness (QED) is 0.931. The maximum absolute atomic E-state index is 12.9. The van der Waals surface area contributed by atoms with Crippen molar-refractivity contribution >= 4 is 17.2 Å². The van der Waals surface area contributed by atoms with Gasteiger partial charge in [0.2, 0.25) is 0 Å². The highest BCUT2D eigenvalue weighted by Crippen LogP contribution is 2.30. The molecular weight excluding hydrogens is 298 g/mol. The van der Waals surface area contributed by atoms with Gasteiger partial charge in [0, 0.05) is 37.9 Å². The zero-order chi connectivity index (χ0) is 15.7. The maximum Gasteiger partial charge on any atom is 0.266 e. The second-order valence-electron chi connectivity index (χ2n) is 5.69. The van der Waals surface area contributed by atoms with E-state index in [0.717, 1.165) is 47.1 Å². The molecule has 1 N–H and O–H groups in total. The van der Waals surface area contributed by atoms with Crippen LogP contribution in [0.4, 0.5) is 0 Å². The van der Waals surface area contributed by atoms with E-state index in [1.54, 1.807) is 10.9 Å². The van der Waals surface area contributed by atoms with Crippen LogP contribution in [0, 0.1) is 6.92 Å². The molecule has 1 saturated heterocycles. The Bertz CT molecular complexity index is 677. The summed E-state index contributed by atoms with van der Waals surface area (Å²) >= 11 is 1.46. The molecule has 0 spiro atoms. The van der Waals surface area contributed by atoms with Crippen LogP contribution >= 0.6 is 11.3 Å². The second-order valence-corrected chi connectivity index (χ2v) is 6.69. The molecule has 6 nitrogen and oxygen atoms in total. The topological polar surface area (TPSA) is 63.1 Å². The Morgan fingerprint density at radius 2 is 2.36 bits per heavy atom.